The van der Waals surface area contributed by atoms with Crippen molar-refractivity contribution in [2.45, 2.75) is 38.1 Å². The molecule has 1 aromatic carbocycles. The van der Waals surface area contributed by atoms with Gasteiger partial charge in [-0.3, -0.25) is 9.88 Å². The maximum Gasteiger partial charge on any atom is 0.336 e. The quantitative estimate of drug-likeness (QED) is 0.566. The van der Waals surface area contributed by atoms with Gasteiger partial charge < -0.3 is 4.42 Å². The van der Waals surface area contributed by atoms with Crippen LogP contribution in [0.2, 0.25) is 0 Å². The molecule has 0 unspecified atom stereocenters. The Balaban J connectivity index is 1.55. The SMILES string of the molecule is Cc1cc2oc(=O)cc(CN3CCN(S(=O)(=O)c4cccnc4)CC3)c2cc1C(C)C. The molecular weight excluding hydrogens is 414 g/mol. The van der Waals surface area contributed by atoms with Crippen molar-refractivity contribution in [3.63, 3.8) is 0 Å². The molecule has 3 heterocycles. The van der Waals surface area contributed by atoms with Crippen molar-refractivity contribution in [3.05, 3.63) is 69.8 Å². The predicted octanol–water partition coefficient (Wildman–Crippen LogP) is 3.13. The van der Waals surface area contributed by atoms with Crippen molar-refractivity contribution in [2.24, 2.45) is 0 Å². The zero-order valence-electron chi connectivity index (χ0n) is 18.0. The molecule has 0 N–H and O–H groups in total. The Morgan fingerprint density at radius 3 is 2.52 bits per heavy atom. The molecule has 0 spiro atoms. The molecule has 0 saturated carbocycles. The second-order valence-corrected chi connectivity index (χ2v) is 10.3. The van der Waals surface area contributed by atoms with Crippen LogP contribution in [0.15, 0.2) is 56.8 Å². The molecule has 7 nitrogen and oxygen atoms in total. The minimum absolute atomic E-state index is 0.215. The number of aryl methyl sites for hydroxylation is 1. The second kappa shape index (κ2) is 8.53. The molecule has 0 radical (unpaired) electrons. The molecule has 164 valence electrons. The molecule has 1 aliphatic rings. The minimum Gasteiger partial charge on any atom is -0.423 e. The molecule has 3 aromatic rings. The first-order valence-electron chi connectivity index (χ1n) is 10.5. The first-order valence-corrected chi connectivity index (χ1v) is 11.9. The fourth-order valence-electron chi connectivity index (χ4n) is 4.16. The highest BCUT2D eigenvalue weighted by Crippen LogP contribution is 2.28. The van der Waals surface area contributed by atoms with Crippen molar-refractivity contribution >= 4 is 21.0 Å². The number of nitrogens with zero attached hydrogens (tertiary/aromatic N) is 3. The van der Waals surface area contributed by atoms with Gasteiger partial charge in [-0.05, 0) is 53.8 Å². The average Bonchev–Trinajstić information content (AvgIpc) is 2.74. The van der Waals surface area contributed by atoms with Crippen molar-refractivity contribution in [3.8, 4) is 0 Å². The summed E-state index contributed by atoms with van der Waals surface area (Å²) in [6.45, 7) is 8.87. The fraction of sp³-hybridized carbons (Fsp3) is 0.391. The van der Waals surface area contributed by atoms with E-state index in [9.17, 15) is 13.2 Å². The van der Waals surface area contributed by atoms with Gasteiger partial charge in [0.05, 0.1) is 0 Å². The lowest BCUT2D eigenvalue weighted by atomic mass is 9.95. The Hall–Kier alpha value is -2.55. The molecule has 0 bridgehead atoms. The van der Waals surface area contributed by atoms with Gasteiger partial charge in [0.25, 0.3) is 0 Å². The first kappa shape index (κ1) is 21.7. The highest BCUT2D eigenvalue weighted by Gasteiger charge is 2.29. The van der Waals surface area contributed by atoms with Gasteiger partial charge >= 0.3 is 5.63 Å². The topological polar surface area (TPSA) is 83.7 Å². The van der Waals surface area contributed by atoms with E-state index in [0.29, 0.717) is 44.2 Å². The smallest absolute Gasteiger partial charge is 0.336 e. The van der Waals surface area contributed by atoms with Crippen LogP contribution in [0.4, 0.5) is 0 Å². The molecule has 1 saturated heterocycles. The third kappa shape index (κ3) is 4.42. The summed E-state index contributed by atoms with van der Waals surface area (Å²) < 4.78 is 32.6. The van der Waals surface area contributed by atoms with E-state index in [1.54, 1.807) is 24.4 Å². The molecule has 0 amide bonds. The van der Waals surface area contributed by atoms with E-state index in [1.807, 2.05) is 13.0 Å². The van der Waals surface area contributed by atoms with Crippen molar-refractivity contribution < 1.29 is 12.8 Å². The van der Waals surface area contributed by atoms with Crippen LogP contribution in [-0.4, -0.2) is 48.8 Å². The van der Waals surface area contributed by atoms with Gasteiger partial charge in [0, 0.05) is 56.6 Å². The van der Waals surface area contributed by atoms with E-state index in [2.05, 4.69) is 29.8 Å². The zero-order chi connectivity index (χ0) is 22.2. The second-order valence-electron chi connectivity index (χ2n) is 8.32. The highest BCUT2D eigenvalue weighted by molar-refractivity contribution is 7.89. The number of sulfonamides is 1. The molecule has 1 fully saturated rings. The normalized spacial score (nSPS) is 16.3. The van der Waals surface area contributed by atoms with E-state index in [-0.39, 0.29) is 10.5 Å². The molecule has 4 rings (SSSR count). The van der Waals surface area contributed by atoms with Crippen LogP contribution in [0.25, 0.3) is 11.0 Å². The lowest BCUT2D eigenvalue weighted by molar-refractivity contribution is 0.182. The fourth-order valence-corrected chi connectivity index (χ4v) is 5.55. The van der Waals surface area contributed by atoms with Crippen molar-refractivity contribution in [1.82, 2.24) is 14.2 Å². The summed E-state index contributed by atoms with van der Waals surface area (Å²) in [7, 11) is -3.54. The molecule has 31 heavy (non-hydrogen) atoms. The van der Waals surface area contributed by atoms with E-state index in [4.69, 9.17) is 4.42 Å². The standard InChI is InChI=1S/C23H27N3O4S/c1-16(2)20-13-21-18(12-23(27)30-22(21)11-17(20)3)15-25-7-9-26(10-8-25)31(28,29)19-5-4-6-24-14-19/h4-6,11-14,16H,7-10,15H2,1-3H3. The maximum atomic E-state index is 12.8. The molecule has 2 aromatic heterocycles. The lowest BCUT2D eigenvalue weighted by Gasteiger charge is -2.34. The van der Waals surface area contributed by atoms with Gasteiger partial charge in [-0.25, -0.2) is 13.2 Å². The average molecular weight is 442 g/mol. The van der Waals surface area contributed by atoms with Crippen LogP contribution in [0.1, 0.15) is 36.5 Å². The predicted molar refractivity (Wildman–Crippen MR) is 120 cm³/mol. The van der Waals surface area contributed by atoms with E-state index in [1.165, 1.54) is 16.1 Å². The van der Waals surface area contributed by atoms with Gasteiger partial charge in [-0.15, -0.1) is 0 Å². The van der Waals surface area contributed by atoms with Crippen LogP contribution in [0.5, 0.6) is 0 Å². The van der Waals surface area contributed by atoms with Crippen LogP contribution in [0, 0.1) is 6.92 Å². The number of benzene rings is 1. The summed E-state index contributed by atoms with van der Waals surface area (Å²) in [5, 5.41) is 0.944. The van der Waals surface area contributed by atoms with Crippen LogP contribution >= 0.6 is 0 Å². The number of hydrogen-bond donors (Lipinski definition) is 0. The summed E-state index contributed by atoms with van der Waals surface area (Å²) in [6.07, 6.45) is 2.94. The summed E-state index contributed by atoms with van der Waals surface area (Å²) in [4.78, 5) is 18.5. The summed E-state index contributed by atoms with van der Waals surface area (Å²) in [6, 6.07) is 8.81. The van der Waals surface area contributed by atoms with E-state index < -0.39 is 10.0 Å². The number of hydrogen-bond acceptors (Lipinski definition) is 6. The Morgan fingerprint density at radius 2 is 1.87 bits per heavy atom. The zero-order valence-corrected chi connectivity index (χ0v) is 18.9. The summed E-state index contributed by atoms with van der Waals surface area (Å²) >= 11 is 0. The van der Waals surface area contributed by atoms with Gasteiger partial charge in [-0.1, -0.05) is 13.8 Å². The molecule has 1 aliphatic heterocycles. The van der Waals surface area contributed by atoms with Crippen LogP contribution in [-0.2, 0) is 16.6 Å². The largest absolute Gasteiger partial charge is 0.423 e. The van der Waals surface area contributed by atoms with E-state index in [0.717, 1.165) is 16.5 Å². The number of fused-ring (bicyclic) bond motifs is 1. The third-order valence-electron chi connectivity index (χ3n) is 5.84. The Bertz CT molecular complexity index is 1250. The maximum absolute atomic E-state index is 12.8. The van der Waals surface area contributed by atoms with E-state index >= 15 is 0 Å². The highest BCUT2D eigenvalue weighted by atomic mass is 32.2. The van der Waals surface area contributed by atoms with Gasteiger partial charge in [0.1, 0.15) is 10.5 Å². The summed E-state index contributed by atoms with van der Waals surface area (Å²) in [5.74, 6) is 0.366. The molecular formula is C23H27N3O4S. The number of piperazine rings is 1. The Morgan fingerprint density at radius 1 is 1.13 bits per heavy atom. The van der Waals surface area contributed by atoms with Gasteiger partial charge in [-0.2, -0.15) is 4.31 Å². The van der Waals surface area contributed by atoms with Crippen LogP contribution in [0.3, 0.4) is 0 Å². The third-order valence-corrected chi connectivity index (χ3v) is 7.72. The monoisotopic (exact) mass is 441 g/mol. The summed E-state index contributed by atoms with van der Waals surface area (Å²) in [5.41, 5.74) is 3.49. The van der Waals surface area contributed by atoms with Crippen molar-refractivity contribution in [1.29, 1.82) is 0 Å². The van der Waals surface area contributed by atoms with Crippen molar-refractivity contribution in [2.75, 3.05) is 26.2 Å². The van der Waals surface area contributed by atoms with Gasteiger partial charge in [0.2, 0.25) is 10.0 Å². The Labute approximate surface area is 182 Å². The number of rotatable bonds is 5. The lowest BCUT2D eigenvalue weighted by Crippen LogP contribution is -2.48. The van der Waals surface area contributed by atoms with Gasteiger partial charge in [0.15, 0.2) is 0 Å². The minimum atomic E-state index is -3.54. The first-order chi connectivity index (χ1) is 14.8. The Kier molecular flexibility index (Phi) is 5.96. The molecule has 0 aliphatic carbocycles. The number of aromatic nitrogens is 1. The molecule has 0 atom stereocenters. The number of pyridine rings is 1. The molecule has 8 heteroatoms. The van der Waals surface area contributed by atoms with Crippen LogP contribution < -0.4 is 5.63 Å².